The highest BCUT2D eigenvalue weighted by Crippen LogP contribution is 2.22. The lowest BCUT2D eigenvalue weighted by molar-refractivity contribution is -0.129. The molecule has 1 amide bonds. The number of hydrogen-bond acceptors (Lipinski definition) is 4. The zero-order valence-corrected chi connectivity index (χ0v) is 20.1. The molecule has 0 unspecified atom stereocenters. The zero-order valence-electron chi connectivity index (χ0n) is 18.6. The van der Waals surface area contributed by atoms with Gasteiger partial charge in [-0.3, -0.25) is 4.79 Å². The molecule has 2 rings (SSSR count). The molecule has 0 fully saturated rings. The van der Waals surface area contributed by atoms with Gasteiger partial charge in [-0.15, -0.1) is 0 Å². The van der Waals surface area contributed by atoms with Crippen LogP contribution in [0.5, 0.6) is 5.75 Å². The van der Waals surface area contributed by atoms with E-state index in [0.717, 1.165) is 22.9 Å². The maximum absolute atomic E-state index is 12.2. The van der Waals surface area contributed by atoms with Crippen molar-refractivity contribution in [2.24, 2.45) is 5.10 Å². The predicted molar refractivity (Wildman–Crippen MR) is 134 cm³/mol. The molecule has 5 nitrogen and oxygen atoms in total. The summed E-state index contributed by atoms with van der Waals surface area (Å²) in [5.74, 6) is -0.246. The fraction of sp³-hybridized carbons (Fsp3) is 0.346. The Kier molecular flexibility index (Phi) is 12.1. The van der Waals surface area contributed by atoms with Crippen molar-refractivity contribution in [3.63, 3.8) is 0 Å². The van der Waals surface area contributed by atoms with Gasteiger partial charge < -0.3 is 4.74 Å². The number of hydrazone groups is 1. The monoisotopic (exact) mass is 498 g/mol. The number of carbonyl (C=O) groups is 2. The van der Waals surface area contributed by atoms with E-state index in [1.54, 1.807) is 24.3 Å². The van der Waals surface area contributed by atoms with Gasteiger partial charge in [-0.05, 0) is 36.3 Å². The molecule has 0 bridgehead atoms. The van der Waals surface area contributed by atoms with E-state index in [-0.39, 0.29) is 5.91 Å². The van der Waals surface area contributed by atoms with Crippen LogP contribution in [-0.2, 0) is 9.59 Å². The normalized spacial score (nSPS) is 11.2. The molecule has 0 saturated heterocycles. The van der Waals surface area contributed by atoms with Gasteiger partial charge in [-0.1, -0.05) is 91.7 Å². The summed E-state index contributed by atoms with van der Waals surface area (Å²) in [5, 5.41) is 4.03. The summed E-state index contributed by atoms with van der Waals surface area (Å²) in [6.45, 7) is 2.20. The predicted octanol–water partition coefficient (Wildman–Crippen LogP) is 6.66. The van der Waals surface area contributed by atoms with E-state index in [1.807, 2.05) is 30.3 Å². The van der Waals surface area contributed by atoms with Crippen LogP contribution in [0.3, 0.4) is 0 Å². The third-order valence-electron chi connectivity index (χ3n) is 4.79. The standard InChI is InChI=1S/C26H31BrN2O3/c1-2-3-4-5-6-7-11-14-25(30)29-28-20-22-19-23(27)16-17-24(22)32-26(31)18-15-21-12-9-8-10-13-21/h8-10,12-13,15-20H,2-7,11,14H2,1H3,(H,29,30)/b18-15+,28-20+. The molecule has 2 aromatic carbocycles. The second kappa shape index (κ2) is 15.1. The maximum atomic E-state index is 12.2. The molecule has 0 radical (unpaired) electrons. The fourth-order valence-corrected chi connectivity index (χ4v) is 3.44. The second-order valence-electron chi connectivity index (χ2n) is 7.51. The lowest BCUT2D eigenvalue weighted by Gasteiger charge is -2.06. The molecular formula is C26H31BrN2O3. The number of ether oxygens (including phenoxy) is 1. The Morgan fingerprint density at radius 3 is 2.47 bits per heavy atom. The molecule has 0 aliphatic carbocycles. The molecule has 0 aromatic heterocycles. The molecule has 6 heteroatoms. The molecule has 2 aromatic rings. The summed E-state index contributed by atoms with van der Waals surface area (Å²) >= 11 is 3.41. The lowest BCUT2D eigenvalue weighted by atomic mass is 10.1. The van der Waals surface area contributed by atoms with E-state index >= 15 is 0 Å². The summed E-state index contributed by atoms with van der Waals surface area (Å²) in [6, 6.07) is 14.7. The molecule has 170 valence electrons. The Hall–Kier alpha value is -2.73. The third kappa shape index (κ3) is 10.5. The van der Waals surface area contributed by atoms with E-state index in [4.69, 9.17) is 4.74 Å². The van der Waals surface area contributed by atoms with Crippen molar-refractivity contribution in [3.8, 4) is 5.75 Å². The number of hydrogen-bond donors (Lipinski definition) is 1. The first-order valence-corrected chi connectivity index (χ1v) is 11.9. The molecule has 1 N–H and O–H groups in total. The van der Waals surface area contributed by atoms with E-state index in [9.17, 15) is 9.59 Å². The molecule has 0 atom stereocenters. The summed E-state index contributed by atoms with van der Waals surface area (Å²) in [5.41, 5.74) is 4.04. The first-order chi connectivity index (χ1) is 15.6. The highest BCUT2D eigenvalue weighted by molar-refractivity contribution is 9.10. The molecule has 0 aliphatic heterocycles. The van der Waals surface area contributed by atoms with Crippen molar-refractivity contribution in [3.05, 3.63) is 70.2 Å². The number of rotatable bonds is 13. The van der Waals surface area contributed by atoms with Crippen LogP contribution in [0.1, 0.15) is 69.4 Å². The Bertz CT molecular complexity index is 911. The SMILES string of the molecule is CCCCCCCCCC(=O)N/N=C/c1cc(Br)ccc1OC(=O)/C=C/c1ccccc1. The van der Waals surface area contributed by atoms with Gasteiger partial charge in [0, 0.05) is 22.5 Å². The quantitative estimate of drug-likeness (QED) is 0.0837. The van der Waals surface area contributed by atoms with E-state index < -0.39 is 5.97 Å². The van der Waals surface area contributed by atoms with Gasteiger partial charge in [0.25, 0.3) is 0 Å². The van der Waals surface area contributed by atoms with Crippen molar-refractivity contribution in [1.29, 1.82) is 0 Å². The third-order valence-corrected chi connectivity index (χ3v) is 5.29. The second-order valence-corrected chi connectivity index (χ2v) is 8.43. The molecule has 0 spiro atoms. The summed E-state index contributed by atoms with van der Waals surface area (Å²) in [7, 11) is 0. The largest absolute Gasteiger partial charge is 0.423 e. The Labute approximate surface area is 199 Å². The zero-order chi connectivity index (χ0) is 23.0. The first-order valence-electron chi connectivity index (χ1n) is 11.1. The van der Waals surface area contributed by atoms with Crippen molar-refractivity contribution in [2.75, 3.05) is 0 Å². The molecular weight excluding hydrogens is 468 g/mol. The molecule has 0 saturated carbocycles. The lowest BCUT2D eigenvalue weighted by Crippen LogP contribution is -2.17. The number of halogens is 1. The minimum Gasteiger partial charge on any atom is -0.423 e. The summed E-state index contributed by atoms with van der Waals surface area (Å²) in [4.78, 5) is 24.2. The Morgan fingerprint density at radius 2 is 1.72 bits per heavy atom. The number of unbranched alkanes of at least 4 members (excludes halogenated alkanes) is 6. The van der Waals surface area contributed by atoms with Gasteiger partial charge in [0.05, 0.1) is 6.21 Å². The minimum absolute atomic E-state index is 0.117. The van der Waals surface area contributed by atoms with Crippen LogP contribution in [0.2, 0.25) is 0 Å². The van der Waals surface area contributed by atoms with Gasteiger partial charge >= 0.3 is 5.97 Å². The van der Waals surface area contributed by atoms with Gasteiger partial charge in [0.15, 0.2) is 0 Å². The fourth-order valence-electron chi connectivity index (χ4n) is 3.06. The molecule has 0 heterocycles. The van der Waals surface area contributed by atoms with Crippen LogP contribution in [-0.4, -0.2) is 18.1 Å². The minimum atomic E-state index is -0.492. The number of amides is 1. The number of carbonyl (C=O) groups excluding carboxylic acids is 2. The van der Waals surface area contributed by atoms with Crippen LogP contribution >= 0.6 is 15.9 Å². The van der Waals surface area contributed by atoms with Crippen molar-refractivity contribution in [1.82, 2.24) is 5.43 Å². The number of esters is 1. The van der Waals surface area contributed by atoms with E-state index in [0.29, 0.717) is 17.7 Å². The number of nitrogens with one attached hydrogen (secondary N) is 1. The molecule has 0 aliphatic rings. The van der Waals surface area contributed by atoms with Crippen LogP contribution in [0.15, 0.2) is 64.2 Å². The molecule has 32 heavy (non-hydrogen) atoms. The maximum Gasteiger partial charge on any atom is 0.336 e. The van der Waals surface area contributed by atoms with Gasteiger partial charge in [-0.25, -0.2) is 10.2 Å². The highest BCUT2D eigenvalue weighted by Gasteiger charge is 2.07. The van der Waals surface area contributed by atoms with Crippen molar-refractivity contribution in [2.45, 2.75) is 58.3 Å². The topological polar surface area (TPSA) is 67.8 Å². The summed E-state index contributed by atoms with van der Waals surface area (Å²) < 4.78 is 6.26. The number of nitrogens with zero attached hydrogens (tertiary/aromatic N) is 1. The van der Waals surface area contributed by atoms with Crippen molar-refractivity contribution >= 4 is 40.1 Å². The smallest absolute Gasteiger partial charge is 0.336 e. The van der Waals surface area contributed by atoms with Crippen molar-refractivity contribution < 1.29 is 14.3 Å². The van der Waals surface area contributed by atoms with Gasteiger partial charge in [0.1, 0.15) is 5.75 Å². The van der Waals surface area contributed by atoms with Crippen LogP contribution < -0.4 is 10.2 Å². The van der Waals surface area contributed by atoms with E-state index in [2.05, 4.69) is 33.4 Å². The number of benzene rings is 2. The Balaban J connectivity index is 1.83. The van der Waals surface area contributed by atoms with Gasteiger partial charge in [0.2, 0.25) is 5.91 Å². The Morgan fingerprint density at radius 1 is 1.00 bits per heavy atom. The first kappa shape index (κ1) is 25.5. The average Bonchev–Trinajstić information content (AvgIpc) is 2.79. The van der Waals surface area contributed by atoms with Crippen LogP contribution in [0, 0.1) is 0 Å². The summed E-state index contributed by atoms with van der Waals surface area (Å²) in [6.07, 6.45) is 13.1. The van der Waals surface area contributed by atoms with E-state index in [1.165, 1.54) is 44.4 Å². The highest BCUT2D eigenvalue weighted by atomic mass is 79.9. The average molecular weight is 499 g/mol. The van der Waals surface area contributed by atoms with Crippen LogP contribution in [0.4, 0.5) is 0 Å². The van der Waals surface area contributed by atoms with Gasteiger partial charge in [-0.2, -0.15) is 5.10 Å². The van der Waals surface area contributed by atoms with Crippen LogP contribution in [0.25, 0.3) is 6.08 Å².